The normalized spacial score (nSPS) is 18.8. The molecule has 6 rings (SSSR count). The lowest BCUT2D eigenvalue weighted by Gasteiger charge is -2.39. The Balaban J connectivity index is 1.17. The second kappa shape index (κ2) is 15.0. The largest absolute Gasteiger partial charge is 0.467 e. The van der Waals surface area contributed by atoms with Gasteiger partial charge in [-0.05, 0) is 31.7 Å². The average Bonchev–Trinajstić information content (AvgIpc) is 3.11. The van der Waals surface area contributed by atoms with Crippen molar-refractivity contribution in [1.82, 2.24) is 39.8 Å². The van der Waals surface area contributed by atoms with Crippen molar-refractivity contribution in [2.45, 2.75) is 54.8 Å². The van der Waals surface area contributed by atoms with Gasteiger partial charge in [-0.3, -0.25) is 19.8 Å². The number of aromatic nitrogens is 7. The molecule has 1 saturated carbocycles. The van der Waals surface area contributed by atoms with Crippen LogP contribution in [0.1, 0.15) is 31.2 Å². The van der Waals surface area contributed by atoms with Gasteiger partial charge in [0.05, 0.1) is 48.9 Å². The van der Waals surface area contributed by atoms with Crippen LogP contribution in [0, 0.1) is 0 Å². The number of pyridine rings is 1. The second-order valence-corrected chi connectivity index (χ2v) is 14.6. The maximum atomic E-state index is 14.0. The van der Waals surface area contributed by atoms with Gasteiger partial charge in [0.1, 0.15) is 12.2 Å². The molecule has 15 nitrogen and oxygen atoms in total. The minimum atomic E-state index is -4.84. The van der Waals surface area contributed by atoms with Crippen molar-refractivity contribution in [3.05, 3.63) is 55.0 Å². The summed E-state index contributed by atoms with van der Waals surface area (Å²) in [5, 5.41) is 3.06. The molecule has 21 heteroatoms. The van der Waals surface area contributed by atoms with Gasteiger partial charge < -0.3 is 14.8 Å². The van der Waals surface area contributed by atoms with Crippen molar-refractivity contribution in [2.24, 2.45) is 0 Å². The first-order valence-corrected chi connectivity index (χ1v) is 18.1. The van der Waals surface area contributed by atoms with Crippen LogP contribution in [0.4, 0.5) is 38.5 Å². The smallest absolute Gasteiger partial charge is 0.419 e. The van der Waals surface area contributed by atoms with Gasteiger partial charge >= 0.3 is 18.3 Å². The molecule has 0 aromatic carbocycles. The van der Waals surface area contributed by atoms with E-state index in [1.807, 2.05) is 0 Å². The maximum Gasteiger partial charge on any atom is 0.419 e. The lowest BCUT2D eigenvalue weighted by Crippen LogP contribution is -2.57. The molecule has 1 amide bonds. The van der Waals surface area contributed by atoms with Crippen molar-refractivity contribution in [2.75, 3.05) is 49.8 Å². The number of nitrogens with zero attached hydrogens (tertiary/aromatic N) is 9. The summed E-state index contributed by atoms with van der Waals surface area (Å²) in [7, 11) is -2.34. The molecule has 4 aromatic heterocycles. The number of sulfone groups is 1. The van der Waals surface area contributed by atoms with Gasteiger partial charge in [0, 0.05) is 67.0 Å². The molecule has 2 fully saturated rings. The zero-order chi connectivity index (χ0) is 38.0. The first-order valence-electron chi connectivity index (χ1n) is 16.2. The summed E-state index contributed by atoms with van der Waals surface area (Å²) in [5.41, 5.74) is -0.891. The summed E-state index contributed by atoms with van der Waals surface area (Å²) >= 11 is 0. The van der Waals surface area contributed by atoms with Crippen LogP contribution in [0.3, 0.4) is 0 Å². The molecule has 1 aliphatic carbocycles. The number of methoxy groups -OCH3 is 1. The number of nitrogens with one attached hydrogen (secondary N) is 1. The Morgan fingerprint density at radius 3 is 2.28 bits per heavy atom. The number of hydrogen-bond donors (Lipinski definition) is 1. The second-order valence-electron chi connectivity index (χ2n) is 12.6. The summed E-state index contributed by atoms with van der Waals surface area (Å²) in [6.07, 6.45) is 5.58. The van der Waals surface area contributed by atoms with Crippen molar-refractivity contribution in [3.8, 4) is 28.5 Å². The lowest BCUT2D eigenvalue weighted by atomic mass is 9.90. The van der Waals surface area contributed by atoms with Gasteiger partial charge in [-0.1, -0.05) is 0 Å². The molecule has 0 atom stereocenters. The number of hydrogen-bond acceptors (Lipinski definition) is 14. The van der Waals surface area contributed by atoms with Gasteiger partial charge in [-0.2, -0.15) is 13.2 Å². The summed E-state index contributed by atoms with van der Waals surface area (Å²) in [6, 6.07) is 0.487. The molecular weight excluding hydrogens is 731 g/mol. The van der Waals surface area contributed by atoms with Crippen molar-refractivity contribution < 1.29 is 44.6 Å². The molecule has 2 aliphatic rings. The number of anilines is 2. The molecule has 1 saturated heterocycles. The Kier molecular flexibility index (Phi) is 10.7. The molecule has 53 heavy (non-hydrogen) atoms. The number of ether oxygens (including phenoxy) is 2. The van der Waals surface area contributed by atoms with E-state index in [1.165, 1.54) is 41.7 Å². The fourth-order valence-electron chi connectivity index (χ4n) is 5.97. The number of halogens is 5. The Morgan fingerprint density at radius 2 is 1.68 bits per heavy atom. The van der Waals surface area contributed by atoms with E-state index in [2.05, 4.69) is 40.2 Å². The quantitative estimate of drug-likeness (QED) is 0.211. The number of likely N-dealkylation sites (tertiary alicyclic amines) is 1. The number of amides is 1. The van der Waals surface area contributed by atoms with E-state index in [4.69, 9.17) is 9.47 Å². The Bertz CT molecular complexity index is 2030. The third kappa shape index (κ3) is 9.07. The van der Waals surface area contributed by atoms with Gasteiger partial charge in [-0.25, -0.2) is 46.9 Å². The van der Waals surface area contributed by atoms with E-state index in [0.717, 1.165) is 24.7 Å². The topological polar surface area (TPSA) is 178 Å². The highest BCUT2D eigenvalue weighted by atomic mass is 32.2. The monoisotopic (exact) mass is 764 g/mol. The highest BCUT2D eigenvalue weighted by Crippen LogP contribution is 2.37. The summed E-state index contributed by atoms with van der Waals surface area (Å²) in [5.74, 6) is -2.69. The predicted octanol–water partition coefficient (Wildman–Crippen LogP) is 4.53. The minimum Gasteiger partial charge on any atom is -0.467 e. The molecule has 0 spiro atoms. The molecule has 0 unspecified atom stereocenters. The fourth-order valence-corrected chi connectivity index (χ4v) is 6.56. The van der Waals surface area contributed by atoms with E-state index in [9.17, 15) is 35.2 Å². The molecule has 1 aliphatic heterocycles. The molecule has 0 bridgehead atoms. The molecular formula is C32H33F5N10O5S. The summed E-state index contributed by atoms with van der Waals surface area (Å²) < 4.78 is 103. The van der Waals surface area contributed by atoms with Crippen LogP contribution >= 0.6 is 0 Å². The van der Waals surface area contributed by atoms with Crippen LogP contribution in [0.2, 0.25) is 0 Å². The van der Waals surface area contributed by atoms with E-state index in [0.29, 0.717) is 43.1 Å². The predicted molar refractivity (Wildman–Crippen MR) is 178 cm³/mol. The van der Waals surface area contributed by atoms with Crippen LogP contribution in [-0.4, -0.2) is 112 Å². The summed E-state index contributed by atoms with van der Waals surface area (Å²) in [4.78, 5) is 44.9. The van der Waals surface area contributed by atoms with E-state index in [1.54, 1.807) is 0 Å². The van der Waals surface area contributed by atoms with E-state index in [-0.39, 0.29) is 47.4 Å². The standard InChI is InChI=1S/C32H33F5N10O5S/c1-51-29-42-11-20(12-43-29)25-15-40-26(16-39-25)47(30(48)52-8-7-46-17-31(33,34)18-46)22-5-3-21(4-6-22)44-28-41-14-24(32(35,36)37)27(45-28)19-9-23(13-38-10-19)53(2,49)50/h9-16,21-22H,3-8,17-18H2,1-2H3,(H,41,44,45). The Hall–Kier alpha value is -5.18. The first kappa shape index (κ1) is 37.6. The van der Waals surface area contributed by atoms with E-state index < -0.39 is 58.4 Å². The maximum absolute atomic E-state index is 14.0. The zero-order valence-electron chi connectivity index (χ0n) is 28.3. The van der Waals surface area contributed by atoms with Crippen LogP contribution in [0.15, 0.2) is 54.3 Å². The van der Waals surface area contributed by atoms with Gasteiger partial charge in [0.15, 0.2) is 15.7 Å². The number of carbonyl (C=O) groups is 1. The third-order valence-corrected chi connectivity index (χ3v) is 9.71. The lowest BCUT2D eigenvalue weighted by molar-refractivity contribution is -0.137. The van der Waals surface area contributed by atoms with Crippen LogP contribution in [-0.2, 0) is 20.8 Å². The van der Waals surface area contributed by atoms with Gasteiger partial charge in [0.2, 0.25) is 5.95 Å². The van der Waals surface area contributed by atoms with Crippen LogP contribution < -0.4 is 15.0 Å². The Morgan fingerprint density at radius 1 is 0.962 bits per heavy atom. The number of alkyl halides is 5. The number of carbonyl (C=O) groups excluding carboxylic acids is 1. The highest BCUT2D eigenvalue weighted by molar-refractivity contribution is 7.90. The van der Waals surface area contributed by atoms with Crippen molar-refractivity contribution >= 4 is 27.7 Å². The zero-order valence-corrected chi connectivity index (χ0v) is 29.1. The van der Waals surface area contributed by atoms with Crippen molar-refractivity contribution in [1.29, 1.82) is 0 Å². The van der Waals surface area contributed by atoms with Crippen LogP contribution in [0.5, 0.6) is 6.01 Å². The minimum absolute atomic E-state index is 0.113. The SMILES string of the molecule is COc1ncc(-c2cnc(N(C(=O)OCCN3CC(F)(F)C3)C3CCC(Nc4ncc(C(F)(F)F)c(-c5cncc(S(C)(=O)=O)c5)n4)CC3)cn2)cn1. The molecule has 4 aromatic rings. The average molecular weight is 765 g/mol. The first-order chi connectivity index (χ1) is 25.1. The summed E-state index contributed by atoms with van der Waals surface area (Å²) in [6.45, 7) is -0.840. The highest BCUT2D eigenvalue weighted by Gasteiger charge is 2.43. The van der Waals surface area contributed by atoms with Gasteiger partial charge in [0.25, 0.3) is 5.92 Å². The molecule has 1 N–H and O–H groups in total. The molecule has 282 valence electrons. The third-order valence-electron chi connectivity index (χ3n) is 8.64. The molecule has 5 heterocycles. The number of rotatable bonds is 11. The van der Waals surface area contributed by atoms with Crippen LogP contribution in [0.25, 0.3) is 22.5 Å². The Labute approximate surface area is 300 Å². The molecule has 0 radical (unpaired) electrons. The van der Waals surface area contributed by atoms with Gasteiger partial charge in [-0.15, -0.1) is 0 Å². The van der Waals surface area contributed by atoms with Crippen molar-refractivity contribution in [3.63, 3.8) is 0 Å². The van der Waals surface area contributed by atoms with E-state index >= 15 is 0 Å². The fraction of sp³-hybridized carbons (Fsp3) is 0.438.